The Bertz CT molecular complexity index is 502. The molecule has 0 bridgehead atoms. The maximum Gasteiger partial charge on any atom is 0.0346 e. The summed E-state index contributed by atoms with van der Waals surface area (Å²) in [4.78, 5) is 4.21. The molecule has 2 nitrogen and oxygen atoms in total. The molecule has 1 unspecified atom stereocenters. The molecule has 1 N–H and O–H groups in total. The molecule has 1 heterocycles. The lowest BCUT2D eigenvalue weighted by Crippen LogP contribution is -2.16. The molecule has 0 aliphatic heterocycles. The number of rotatable bonds is 7. The predicted octanol–water partition coefficient (Wildman–Crippen LogP) is 4.47. The van der Waals surface area contributed by atoms with Crippen LogP contribution in [0.25, 0.3) is 10.8 Å². The molecule has 0 amide bonds. The first-order valence-corrected chi connectivity index (χ1v) is 7.36. The van der Waals surface area contributed by atoms with Gasteiger partial charge in [0.15, 0.2) is 0 Å². The summed E-state index contributed by atoms with van der Waals surface area (Å²) in [6.45, 7) is 2.26. The maximum atomic E-state index is 4.21. The van der Waals surface area contributed by atoms with E-state index in [0.717, 1.165) is 0 Å². The molecular formula is C17H24N2. The first-order chi connectivity index (χ1) is 9.36. The minimum Gasteiger partial charge on any atom is -0.313 e. The topological polar surface area (TPSA) is 24.9 Å². The largest absolute Gasteiger partial charge is 0.313 e. The summed E-state index contributed by atoms with van der Waals surface area (Å²) in [5.41, 5.74) is 1.40. The third-order valence-electron chi connectivity index (χ3n) is 3.78. The number of hydrogen-bond acceptors (Lipinski definition) is 2. The minimum atomic E-state index is 0.447. The van der Waals surface area contributed by atoms with E-state index in [2.05, 4.69) is 48.5 Å². The highest BCUT2D eigenvalue weighted by Crippen LogP contribution is 2.27. The van der Waals surface area contributed by atoms with Crippen LogP contribution in [0.2, 0.25) is 0 Å². The van der Waals surface area contributed by atoms with E-state index in [1.165, 1.54) is 48.4 Å². The van der Waals surface area contributed by atoms with Crippen molar-refractivity contribution in [3.63, 3.8) is 0 Å². The van der Waals surface area contributed by atoms with Crippen molar-refractivity contribution in [3.05, 3.63) is 42.2 Å². The van der Waals surface area contributed by atoms with Gasteiger partial charge in [0, 0.05) is 23.8 Å². The van der Waals surface area contributed by atoms with Crippen molar-refractivity contribution < 1.29 is 0 Å². The van der Waals surface area contributed by atoms with Gasteiger partial charge in [-0.3, -0.25) is 4.98 Å². The number of benzene rings is 1. The highest BCUT2D eigenvalue weighted by Gasteiger charge is 2.11. The van der Waals surface area contributed by atoms with Gasteiger partial charge in [-0.25, -0.2) is 0 Å². The number of hydrogen-bond donors (Lipinski definition) is 1. The summed E-state index contributed by atoms with van der Waals surface area (Å²) in [5, 5.41) is 6.02. The molecule has 0 fully saturated rings. The molecule has 19 heavy (non-hydrogen) atoms. The minimum absolute atomic E-state index is 0.447. The van der Waals surface area contributed by atoms with E-state index in [-0.39, 0.29) is 0 Å². The molecule has 0 aliphatic rings. The average molecular weight is 256 g/mol. The van der Waals surface area contributed by atoms with Crippen molar-refractivity contribution in [1.29, 1.82) is 0 Å². The summed E-state index contributed by atoms with van der Waals surface area (Å²) in [7, 11) is 2.06. The van der Waals surface area contributed by atoms with Crippen LogP contribution in [0, 0.1) is 0 Å². The Kier molecular flexibility index (Phi) is 5.34. The molecule has 0 radical (unpaired) electrons. The van der Waals surface area contributed by atoms with Crippen LogP contribution in [-0.4, -0.2) is 12.0 Å². The van der Waals surface area contributed by atoms with Crippen LogP contribution in [0.3, 0.4) is 0 Å². The first kappa shape index (κ1) is 14.0. The fourth-order valence-corrected chi connectivity index (χ4v) is 2.68. The third kappa shape index (κ3) is 3.54. The number of unbranched alkanes of at least 4 members (excludes halogenated alkanes) is 3. The zero-order chi connectivity index (χ0) is 13.5. The van der Waals surface area contributed by atoms with Crippen LogP contribution in [0.15, 0.2) is 36.7 Å². The smallest absolute Gasteiger partial charge is 0.0346 e. The van der Waals surface area contributed by atoms with Crippen molar-refractivity contribution in [2.45, 2.75) is 45.1 Å². The zero-order valence-corrected chi connectivity index (χ0v) is 12.0. The highest BCUT2D eigenvalue weighted by atomic mass is 14.9. The molecule has 2 rings (SSSR count). The van der Waals surface area contributed by atoms with Gasteiger partial charge in [0.2, 0.25) is 0 Å². The molecule has 1 aromatic carbocycles. The summed E-state index contributed by atoms with van der Waals surface area (Å²) in [5.74, 6) is 0. The van der Waals surface area contributed by atoms with E-state index in [1.54, 1.807) is 0 Å². The quantitative estimate of drug-likeness (QED) is 0.739. The Morgan fingerprint density at radius 2 is 2.05 bits per heavy atom. The lowest BCUT2D eigenvalue weighted by atomic mass is 9.96. The second-order valence-electron chi connectivity index (χ2n) is 5.13. The summed E-state index contributed by atoms with van der Waals surface area (Å²) in [6, 6.07) is 9.08. The SMILES string of the molecule is CCCCCCC(NC)c1cccc2cnccc12. The van der Waals surface area contributed by atoms with Gasteiger partial charge in [0.1, 0.15) is 0 Å². The molecule has 2 heteroatoms. The number of nitrogens with zero attached hydrogens (tertiary/aromatic N) is 1. The van der Waals surface area contributed by atoms with Crippen LogP contribution in [-0.2, 0) is 0 Å². The van der Waals surface area contributed by atoms with Crippen molar-refractivity contribution in [3.8, 4) is 0 Å². The van der Waals surface area contributed by atoms with Gasteiger partial charge in [-0.1, -0.05) is 50.8 Å². The Balaban J connectivity index is 2.16. The van der Waals surface area contributed by atoms with Crippen LogP contribution >= 0.6 is 0 Å². The standard InChI is InChI=1S/C17H24N2/c1-3-4-5-6-10-17(18-2)16-9-7-8-14-13-19-12-11-15(14)16/h7-9,11-13,17-18H,3-6,10H2,1-2H3. The predicted molar refractivity (Wildman–Crippen MR) is 82.3 cm³/mol. The van der Waals surface area contributed by atoms with Gasteiger partial charge in [0.05, 0.1) is 0 Å². The van der Waals surface area contributed by atoms with E-state index in [4.69, 9.17) is 0 Å². The number of nitrogens with one attached hydrogen (secondary N) is 1. The van der Waals surface area contributed by atoms with E-state index in [9.17, 15) is 0 Å². The number of aromatic nitrogens is 1. The lowest BCUT2D eigenvalue weighted by Gasteiger charge is -2.18. The third-order valence-corrected chi connectivity index (χ3v) is 3.78. The zero-order valence-electron chi connectivity index (χ0n) is 12.0. The molecular weight excluding hydrogens is 232 g/mol. The Morgan fingerprint density at radius 3 is 2.84 bits per heavy atom. The van der Waals surface area contributed by atoms with Gasteiger partial charge in [0.25, 0.3) is 0 Å². The summed E-state index contributed by atoms with van der Waals surface area (Å²) >= 11 is 0. The van der Waals surface area contributed by atoms with Crippen LogP contribution in [0.4, 0.5) is 0 Å². The molecule has 0 saturated carbocycles. The van der Waals surface area contributed by atoms with Crippen LogP contribution in [0.1, 0.15) is 50.6 Å². The lowest BCUT2D eigenvalue weighted by molar-refractivity contribution is 0.508. The molecule has 0 spiro atoms. The van der Waals surface area contributed by atoms with Gasteiger partial charge >= 0.3 is 0 Å². The van der Waals surface area contributed by atoms with E-state index < -0.39 is 0 Å². The second-order valence-corrected chi connectivity index (χ2v) is 5.13. The van der Waals surface area contributed by atoms with Gasteiger partial charge in [-0.15, -0.1) is 0 Å². The molecule has 2 aromatic rings. The van der Waals surface area contributed by atoms with E-state index >= 15 is 0 Å². The fraction of sp³-hybridized carbons (Fsp3) is 0.471. The Labute approximate surface area is 116 Å². The normalized spacial score (nSPS) is 12.7. The van der Waals surface area contributed by atoms with Crippen LogP contribution < -0.4 is 5.32 Å². The second kappa shape index (κ2) is 7.25. The maximum absolute atomic E-state index is 4.21. The monoisotopic (exact) mass is 256 g/mol. The van der Waals surface area contributed by atoms with E-state index in [0.29, 0.717) is 6.04 Å². The summed E-state index contributed by atoms with van der Waals surface area (Å²) < 4.78 is 0. The molecule has 0 aliphatic carbocycles. The van der Waals surface area contributed by atoms with Crippen LogP contribution in [0.5, 0.6) is 0 Å². The number of pyridine rings is 1. The Hall–Kier alpha value is -1.41. The first-order valence-electron chi connectivity index (χ1n) is 7.36. The Morgan fingerprint density at radius 1 is 1.16 bits per heavy atom. The molecule has 1 aromatic heterocycles. The van der Waals surface area contributed by atoms with Gasteiger partial charge in [-0.2, -0.15) is 0 Å². The van der Waals surface area contributed by atoms with Gasteiger partial charge in [-0.05, 0) is 30.5 Å². The highest BCUT2D eigenvalue weighted by molar-refractivity contribution is 5.85. The van der Waals surface area contributed by atoms with Crippen molar-refractivity contribution in [1.82, 2.24) is 10.3 Å². The van der Waals surface area contributed by atoms with Crippen molar-refractivity contribution >= 4 is 10.8 Å². The number of fused-ring (bicyclic) bond motifs is 1. The van der Waals surface area contributed by atoms with Crippen molar-refractivity contribution in [2.75, 3.05) is 7.05 Å². The van der Waals surface area contributed by atoms with Crippen molar-refractivity contribution in [2.24, 2.45) is 0 Å². The molecule has 0 saturated heterocycles. The average Bonchev–Trinajstić information content (AvgIpc) is 2.47. The fourth-order valence-electron chi connectivity index (χ4n) is 2.68. The molecule has 1 atom stereocenters. The van der Waals surface area contributed by atoms with Gasteiger partial charge < -0.3 is 5.32 Å². The molecule has 102 valence electrons. The summed E-state index contributed by atoms with van der Waals surface area (Å²) in [6.07, 6.45) is 10.3. The van der Waals surface area contributed by atoms with E-state index in [1.807, 2.05) is 12.4 Å².